The lowest BCUT2D eigenvalue weighted by Crippen LogP contribution is -2.49. The number of nitrogens with one attached hydrogen (secondary N) is 2. The molecule has 3 aromatic carbocycles. The van der Waals surface area contributed by atoms with Crippen molar-refractivity contribution in [2.24, 2.45) is 0 Å². The van der Waals surface area contributed by atoms with Crippen LogP contribution < -0.4 is 10.2 Å². The van der Waals surface area contributed by atoms with Gasteiger partial charge in [0, 0.05) is 41.3 Å². The molecule has 0 aliphatic rings. The standard InChI is InChI=1S/C26H24ClN3O2/c1-30(21-10-6-3-7-11-21)26(32)24(14-18-8-4-2-5-9-18)29-25(31)15-19-17-28-23-13-12-20(27)16-22(19)23/h2-13,16-17,24,28H,14-15H2,1H3,(H,29,31)/t24-/m0/s1. The first kappa shape index (κ1) is 21.7. The molecule has 1 atom stereocenters. The van der Waals surface area contributed by atoms with Crippen LogP contribution in [0.5, 0.6) is 0 Å². The maximum atomic E-state index is 13.3. The molecule has 6 heteroatoms. The zero-order chi connectivity index (χ0) is 22.5. The fourth-order valence-electron chi connectivity index (χ4n) is 3.78. The van der Waals surface area contributed by atoms with Crippen molar-refractivity contribution in [3.63, 3.8) is 0 Å². The van der Waals surface area contributed by atoms with E-state index in [2.05, 4.69) is 10.3 Å². The lowest BCUT2D eigenvalue weighted by molar-refractivity contribution is -0.127. The van der Waals surface area contributed by atoms with Crippen LogP contribution in [0.2, 0.25) is 5.02 Å². The molecule has 0 unspecified atom stereocenters. The van der Waals surface area contributed by atoms with E-state index in [4.69, 9.17) is 11.6 Å². The van der Waals surface area contributed by atoms with E-state index in [1.165, 1.54) is 0 Å². The van der Waals surface area contributed by atoms with Gasteiger partial charge < -0.3 is 15.2 Å². The van der Waals surface area contributed by atoms with Crippen molar-refractivity contribution >= 4 is 40.0 Å². The van der Waals surface area contributed by atoms with Gasteiger partial charge in [0.25, 0.3) is 0 Å². The summed E-state index contributed by atoms with van der Waals surface area (Å²) in [7, 11) is 1.73. The Labute approximate surface area is 192 Å². The molecule has 32 heavy (non-hydrogen) atoms. The van der Waals surface area contributed by atoms with Gasteiger partial charge in [0.2, 0.25) is 11.8 Å². The summed E-state index contributed by atoms with van der Waals surface area (Å²) in [4.78, 5) is 31.1. The molecule has 1 aromatic heterocycles. The van der Waals surface area contributed by atoms with Crippen molar-refractivity contribution in [2.45, 2.75) is 18.9 Å². The number of para-hydroxylation sites is 1. The largest absolute Gasteiger partial charge is 0.361 e. The third-order valence-corrected chi connectivity index (χ3v) is 5.71. The van der Waals surface area contributed by atoms with Gasteiger partial charge in [0.15, 0.2) is 0 Å². The Kier molecular flexibility index (Phi) is 6.57. The number of H-pyrrole nitrogens is 1. The van der Waals surface area contributed by atoms with Crippen molar-refractivity contribution in [1.29, 1.82) is 0 Å². The average molecular weight is 446 g/mol. The van der Waals surface area contributed by atoms with Gasteiger partial charge in [-0.15, -0.1) is 0 Å². The summed E-state index contributed by atoms with van der Waals surface area (Å²) in [6, 6.07) is 23.9. The molecule has 2 amide bonds. The molecule has 1 heterocycles. The van der Waals surface area contributed by atoms with E-state index >= 15 is 0 Å². The normalized spacial score (nSPS) is 11.8. The summed E-state index contributed by atoms with van der Waals surface area (Å²) >= 11 is 6.13. The first-order chi connectivity index (χ1) is 15.5. The van der Waals surface area contributed by atoms with E-state index in [0.29, 0.717) is 11.4 Å². The number of fused-ring (bicyclic) bond motifs is 1. The number of anilines is 1. The van der Waals surface area contributed by atoms with Crippen LogP contribution in [-0.2, 0) is 22.4 Å². The first-order valence-electron chi connectivity index (χ1n) is 10.4. The summed E-state index contributed by atoms with van der Waals surface area (Å²) in [5.74, 6) is -0.392. The smallest absolute Gasteiger partial charge is 0.249 e. The van der Waals surface area contributed by atoms with Crippen molar-refractivity contribution in [3.8, 4) is 0 Å². The SMILES string of the molecule is CN(C(=O)[C@H](Cc1ccccc1)NC(=O)Cc1c[nH]c2ccc(Cl)cc12)c1ccccc1. The van der Waals surface area contributed by atoms with Crippen LogP contribution in [0, 0.1) is 0 Å². The fraction of sp³-hybridized carbons (Fsp3) is 0.154. The third kappa shape index (κ3) is 5.01. The van der Waals surface area contributed by atoms with Gasteiger partial charge in [-0.05, 0) is 41.5 Å². The van der Waals surface area contributed by atoms with Crippen molar-refractivity contribution in [1.82, 2.24) is 10.3 Å². The number of nitrogens with zero attached hydrogens (tertiary/aromatic N) is 1. The predicted molar refractivity (Wildman–Crippen MR) is 129 cm³/mol. The number of likely N-dealkylation sites (N-methyl/N-ethyl adjacent to an activating group) is 1. The monoisotopic (exact) mass is 445 g/mol. The van der Waals surface area contributed by atoms with E-state index in [-0.39, 0.29) is 18.2 Å². The highest BCUT2D eigenvalue weighted by Crippen LogP contribution is 2.23. The van der Waals surface area contributed by atoms with Crippen LogP contribution in [-0.4, -0.2) is 29.9 Å². The second-order valence-corrected chi connectivity index (χ2v) is 8.16. The minimum Gasteiger partial charge on any atom is -0.361 e. The van der Waals surface area contributed by atoms with E-state index in [9.17, 15) is 9.59 Å². The second kappa shape index (κ2) is 9.71. The van der Waals surface area contributed by atoms with Gasteiger partial charge in [0.1, 0.15) is 6.04 Å². The van der Waals surface area contributed by atoms with Crippen LogP contribution in [0.1, 0.15) is 11.1 Å². The molecule has 4 rings (SSSR count). The van der Waals surface area contributed by atoms with Crippen LogP contribution in [0.3, 0.4) is 0 Å². The highest BCUT2D eigenvalue weighted by Gasteiger charge is 2.25. The number of aromatic nitrogens is 1. The lowest BCUT2D eigenvalue weighted by Gasteiger charge is -2.25. The Morgan fingerprint density at radius 3 is 2.41 bits per heavy atom. The summed E-state index contributed by atoms with van der Waals surface area (Å²) in [6.45, 7) is 0. The van der Waals surface area contributed by atoms with Gasteiger partial charge in [-0.1, -0.05) is 60.1 Å². The molecule has 0 aliphatic carbocycles. The van der Waals surface area contributed by atoms with Crippen LogP contribution in [0.4, 0.5) is 5.69 Å². The zero-order valence-corrected chi connectivity index (χ0v) is 18.5. The van der Waals surface area contributed by atoms with Crippen molar-refractivity contribution in [3.05, 3.63) is 101 Å². The molecule has 5 nitrogen and oxygen atoms in total. The number of carbonyl (C=O) groups excluding carboxylic acids is 2. The minimum absolute atomic E-state index is 0.147. The Hall–Kier alpha value is -3.57. The molecule has 0 bridgehead atoms. The molecule has 0 aliphatic heterocycles. The van der Waals surface area contributed by atoms with Gasteiger partial charge in [0.05, 0.1) is 6.42 Å². The first-order valence-corrected chi connectivity index (χ1v) is 10.8. The number of carbonyl (C=O) groups is 2. The van der Waals surface area contributed by atoms with Crippen molar-refractivity contribution in [2.75, 3.05) is 11.9 Å². The number of rotatable bonds is 7. The summed E-state index contributed by atoms with van der Waals surface area (Å²) < 4.78 is 0. The number of hydrogen-bond donors (Lipinski definition) is 2. The van der Waals surface area contributed by atoms with Crippen molar-refractivity contribution < 1.29 is 9.59 Å². The maximum absolute atomic E-state index is 13.3. The average Bonchev–Trinajstić information content (AvgIpc) is 3.20. The number of hydrogen-bond acceptors (Lipinski definition) is 2. The summed E-state index contributed by atoms with van der Waals surface area (Å²) in [5.41, 5.74) is 3.50. The molecule has 0 spiro atoms. The van der Waals surface area contributed by atoms with Crippen LogP contribution in [0.25, 0.3) is 10.9 Å². The molecule has 0 saturated heterocycles. The molecular weight excluding hydrogens is 422 g/mol. The predicted octanol–water partition coefficient (Wildman–Crippen LogP) is 4.75. The molecule has 4 aromatic rings. The van der Waals surface area contributed by atoms with Crippen LogP contribution in [0.15, 0.2) is 85.1 Å². The molecule has 2 N–H and O–H groups in total. The second-order valence-electron chi connectivity index (χ2n) is 7.72. The molecule has 0 radical (unpaired) electrons. The summed E-state index contributed by atoms with van der Waals surface area (Å²) in [6.07, 6.45) is 2.36. The molecule has 0 fully saturated rings. The molecule has 162 valence electrons. The lowest BCUT2D eigenvalue weighted by atomic mass is 10.0. The number of aromatic amines is 1. The topological polar surface area (TPSA) is 65.2 Å². The summed E-state index contributed by atoms with van der Waals surface area (Å²) in [5, 5.41) is 4.47. The van der Waals surface area contributed by atoms with Crippen LogP contribution >= 0.6 is 11.6 Å². The Morgan fingerprint density at radius 1 is 1.00 bits per heavy atom. The number of halogens is 1. The van der Waals surface area contributed by atoms with E-state index in [1.54, 1.807) is 18.0 Å². The highest BCUT2D eigenvalue weighted by atomic mass is 35.5. The number of amides is 2. The Bertz CT molecular complexity index is 1220. The van der Waals surface area contributed by atoms with Gasteiger partial charge in [-0.25, -0.2) is 0 Å². The van der Waals surface area contributed by atoms with Gasteiger partial charge in [-0.2, -0.15) is 0 Å². The maximum Gasteiger partial charge on any atom is 0.249 e. The fourth-order valence-corrected chi connectivity index (χ4v) is 3.95. The van der Waals surface area contributed by atoms with Gasteiger partial charge in [-0.3, -0.25) is 9.59 Å². The third-order valence-electron chi connectivity index (χ3n) is 5.47. The zero-order valence-electron chi connectivity index (χ0n) is 17.7. The van der Waals surface area contributed by atoms with Gasteiger partial charge >= 0.3 is 0 Å². The Balaban J connectivity index is 1.54. The highest BCUT2D eigenvalue weighted by molar-refractivity contribution is 6.31. The van der Waals surface area contributed by atoms with E-state index < -0.39 is 6.04 Å². The quantitative estimate of drug-likeness (QED) is 0.431. The van der Waals surface area contributed by atoms with E-state index in [0.717, 1.165) is 27.7 Å². The number of benzene rings is 3. The molecule has 0 saturated carbocycles. The van der Waals surface area contributed by atoms with E-state index in [1.807, 2.05) is 79.0 Å². The molecular formula is C26H24ClN3O2. The Morgan fingerprint density at radius 2 is 1.69 bits per heavy atom. The minimum atomic E-state index is -0.691.